The first-order chi connectivity index (χ1) is 13.5. The number of imidazole rings is 1. The Hall–Kier alpha value is -2.54. The maximum atomic E-state index is 12.7. The summed E-state index contributed by atoms with van der Waals surface area (Å²) in [4.78, 5) is 18.2. The molecule has 1 atom stereocenters. The normalized spacial score (nSPS) is 12.1. The highest BCUT2D eigenvalue weighted by Gasteiger charge is 2.19. The zero-order valence-corrected chi connectivity index (χ0v) is 17.1. The SMILES string of the molecule is CC(Oc1ccc(Cl)cc1Cl)C(=O)Nc1ccccc1-c1cn2ccsc2n1. The van der Waals surface area contributed by atoms with Crippen molar-refractivity contribution in [2.75, 3.05) is 5.32 Å². The van der Waals surface area contributed by atoms with Crippen LogP contribution in [0.4, 0.5) is 5.69 Å². The van der Waals surface area contributed by atoms with Gasteiger partial charge in [-0.15, -0.1) is 11.3 Å². The molecule has 142 valence electrons. The Labute approximate surface area is 175 Å². The zero-order chi connectivity index (χ0) is 19.7. The number of para-hydroxylation sites is 1. The van der Waals surface area contributed by atoms with Crippen LogP contribution in [0.5, 0.6) is 5.75 Å². The number of carbonyl (C=O) groups excluding carboxylic acids is 1. The van der Waals surface area contributed by atoms with Crippen molar-refractivity contribution >= 4 is 51.1 Å². The molecule has 2 aromatic heterocycles. The van der Waals surface area contributed by atoms with E-state index in [0.29, 0.717) is 21.5 Å². The summed E-state index contributed by atoms with van der Waals surface area (Å²) >= 11 is 13.6. The molecule has 5 nitrogen and oxygen atoms in total. The minimum absolute atomic E-state index is 0.292. The summed E-state index contributed by atoms with van der Waals surface area (Å²) in [5.41, 5.74) is 2.29. The summed E-state index contributed by atoms with van der Waals surface area (Å²) in [5.74, 6) is 0.107. The van der Waals surface area contributed by atoms with Gasteiger partial charge in [-0.1, -0.05) is 41.4 Å². The number of anilines is 1. The predicted molar refractivity (Wildman–Crippen MR) is 114 cm³/mol. The van der Waals surface area contributed by atoms with Crippen molar-refractivity contribution in [3.8, 4) is 17.0 Å². The Bertz CT molecular complexity index is 1130. The quantitative estimate of drug-likeness (QED) is 0.435. The van der Waals surface area contributed by atoms with Gasteiger partial charge >= 0.3 is 0 Å². The summed E-state index contributed by atoms with van der Waals surface area (Å²) in [7, 11) is 0. The molecule has 0 spiro atoms. The maximum Gasteiger partial charge on any atom is 0.265 e. The number of nitrogens with zero attached hydrogens (tertiary/aromatic N) is 2. The third kappa shape index (κ3) is 3.85. The van der Waals surface area contributed by atoms with Crippen LogP contribution in [-0.2, 0) is 4.79 Å². The second-order valence-electron chi connectivity index (χ2n) is 6.09. The number of rotatable bonds is 5. The molecule has 0 saturated carbocycles. The van der Waals surface area contributed by atoms with Gasteiger partial charge in [-0.05, 0) is 31.2 Å². The van der Waals surface area contributed by atoms with Crippen molar-refractivity contribution in [1.29, 1.82) is 0 Å². The average Bonchev–Trinajstić information content (AvgIpc) is 3.26. The fourth-order valence-corrected chi connectivity index (χ4v) is 3.87. The first-order valence-corrected chi connectivity index (χ1v) is 10.1. The van der Waals surface area contributed by atoms with E-state index in [1.807, 2.05) is 46.4 Å². The third-order valence-electron chi connectivity index (χ3n) is 4.12. The molecule has 1 amide bonds. The summed E-state index contributed by atoms with van der Waals surface area (Å²) in [5, 5.41) is 5.75. The zero-order valence-electron chi connectivity index (χ0n) is 14.7. The Morgan fingerprint density at radius 2 is 2.07 bits per heavy atom. The van der Waals surface area contributed by atoms with Crippen LogP contribution in [0.1, 0.15) is 6.92 Å². The van der Waals surface area contributed by atoms with Gasteiger partial charge in [0.15, 0.2) is 11.1 Å². The van der Waals surface area contributed by atoms with E-state index < -0.39 is 6.10 Å². The number of ether oxygens (including phenoxy) is 1. The van der Waals surface area contributed by atoms with Crippen LogP contribution >= 0.6 is 34.5 Å². The molecule has 0 fully saturated rings. The minimum atomic E-state index is -0.753. The van der Waals surface area contributed by atoms with Gasteiger partial charge < -0.3 is 10.1 Å². The second-order valence-corrected chi connectivity index (χ2v) is 7.81. The van der Waals surface area contributed by atoms with Crippen molar-refractivity contribution in [2.45, 2.75) is 13.0 Å². The fourth-order valence-electron chi connectivity index (χ4n) is 2.72. The van der Waals surface area contributed by atoms with Gasteiger partial charge in [0.2, 0.25) is 0 Å². The molecule has 0 bridgehead atoms. The number of aromatic nitrogens is 2. The molecule has 8 heteroatoms. The molecular weight excluding hydrogens is 417 g/mol. The highest BCUT2D eigenvalue weighted by Crippen LogP contribution is 2.30. The number of amides is 1. The topological polar surface area (TPSA) is 55.6 Å². The van der Waals surface area contributed by atoms with Crippen molar-refractivity contribution in [3.05, 3.63) is 70.3 Å². The highest BCUT2D eigenvalue weighted by molar-refractivity contribution is 7.15. The van der Waals surface area contributed by atoms with E-state index in [4.69, 9.17) is 27.9 Å². The minimum Gasteiger partial charge on any atom is -0.479 e. The van der Waals surface area contributed by atoms with Crippen LogP contribution in [0.25, 0.3) is 16.2 Å². The van der Waals surface area contributed by atoms with Crippen molar-refractivity contribution in [2.24, 2.45) is 0 Å². The molecular formula is C20H15Cl2N3O2S. The number of nitrogens with one attached hydrogen (secondary N) is 1. The maximum absolute atomic E-state index is 12.7. The highest BCUT2D eigenvalue weighted by atomic mass is 35.5. The molecule has 0 saturated heterocycles. The Balaban J connectivity index is 1.53. The summed E-state index contributed by atoms with van der Waals surface area (Å²) in [6.45, 7) is 1.66. The Morgan fingerprint density at radius 1 is 1.25 bits per heavy atom. The molecule has 4 aromatic rings. The molecule has 2 heterocycles. The number of hydrogen-bond acceptors (Lipinski definition) is 4. The molecule has 1 unspecified atom stereocenters. The molecule has 2 aromatic carbocycles. The van der Waals surface area contributed by atoms with Crippen LogP contribution in [0.3, 0.4) is 0 Å². The van der Waals surface area contributed by atoms with E-state index in [9.17, 15) is 4.79 Å². The van der Waals surface area contributed by atoms with Crippen molar-refractivity contribution in [1.82, 2.24) is 9.38 Å². The van der Waals surface area contributed by atoms with E-state index in [-0.39, 0.29) is 5.91 Å². The van der Waals surface area contributed by atoms with Gasteiger partial charge in [0.1, 0.15) is 5.75 Å². The average molecular weight is 432 g/mol. The van der Waals surface area contributed by atoms with Crippen LogP contribution < -0.4 is 10.1 Å². The largest absolute Gasteiger partial charge is 0.479 e. The second kappa shape index (κ2) is 7.83. The molecule has 0 aliphatic heterocycles. The van der Waals surface area contributed by atoms with Crippen LogP contribution in [-0.4, -0.2) is 21.4 Å². The molecule has 0 aliphatic rings. The van der Waals surface area contributed by atoms with Crippen molar-refractivity contribution < 1.29 is 9.53 Å². The lowest BCUT2D eigenvalue weighted by atomic mass is 10.1. The van der Waals surface area contributed by atoms with Crippen LogP contribution in [0, 0.1) is 0 Å². The first kappa shape index (κ1) is 18.8. The van der Waals surface area contributed by atoms with Crippen LogP contribution in [0.15, 0.2) is 60.2 Å². The van der Waals surface area contributed by atoms with Gasteiger partial charge in [0.25, 0.3) is 5.91 Å². The number of halogens is 2. The standard InChI is InChI=1S/C20H15Cl2N3O2S/c1-12(27-18-7-6-13(21)10-15(18)22)19(26)23-16-5-3-2-4-14(16)17-11-25-8-9-28-20(25)24-17/h2-12H,1H3,(H,23,26). The monoisotopic (exact) mass is 431 g/mol. The summed E-state index contributed by atoms with van der Waals surface area (Å²) in [6.07, 6.45) is 3.13. The number of thiazole rings is 1. The smallest absolute Gasteiger partial charge is 0.265 e. The van der Waals surface area contributed by atoms with Crippen LogP contribution in [0.2, 0.25) is 10.0 Å². The van der Waals surface area contributed by atoms with Gasteiger partial charge in [0.05, 0.1) is 16.4 Å². The van der Waals surface area contributed by atoms with E-state index in [0.717, 1.165) is 16.2 Å². The van der Waals surface area contributed by atoms with E-state index in [1.165, 1.54) is 0 Å². The van der Waals surface area contributed by atoms with Gasteiger partial charge in [-0.25, -0.2) is 4.98 Å². The summed E-state index contributed by atoms with van der Waals surface area (Å²) in [6, 6.07) is 12.4. The Kier molecular flexibility index (Phi) is 5.26. The lowest BCUT2D eigenvalue weighted by molar-refractivity contribution is -0.122. The molecule has 28 heavy (non-hydrogen) atoms. The molecule has 1 N–H and O–H groups in total. The molecule has 4 rings (SSSR count). The third-order valence-corrected chi connectivity index (χ3v) is 5.42. The Morgan fingerprint density at radius 3 is 2.86 bits per heavy atom. The summed E-state index contributed by atoms with van der Waals surface area (Å²) < 4.78 is 7.65. The van der Waals surface area contributed by atoms with E-state index in [1.54, 1.807) is 36.5 Å². The fraction of sp³-hybridized carbons (Fsp3) is 0.100. The van der Waals surface area contributed by atoms with E-state index >= 15 is 0 Å². The lowest BCUT2D eigenvalue weighted by Crippen LogP contribution is -2.30. The lowest BCUT2D eigenvalue weighted by Gasteiger charge is -2.17. The van der Waals surface area contributed by atoms with Gasteiger partial charge in [0, 0.05) is 28.4 Å². The number of fused-ring (bicyclic) bond motifs is 1. The number of hydrogen-bond donors (Lipinski definition) is 1. The molecule has 0 radical (unpaired) electrons. The predicted octanol–water partition coefficient (Wildman–Crippen LogP) is 5.78. The van der Waals surface area contributed by atoms with Gasteiger partial charge in [-0.3, -0.25) is 9.20 Å². The number of carbonyl (C=O) groups is 1. The van der Waals surface area contributed by atoms with Gasteiger partial charge in [-0.2, -0.15) is 0 Å². The van der Waals surface area contributed by atoms with E-state index in [2.05, 4.69) is 10.3 Å². The first-order valence-electron chi connectivity index (χ1n) is 8.45. The molecule has 0 aliphatic carbocycles. The number of benzene rings is 2. The van der Waals surface area contributed by atoms with Crippen molar-refractivity contribution in [3.63, 3.8) is 0 Å².